The number of amides is 1. The van der Waals surface area contributed by atoms with Gasteiger partial charge in [0.1, 0.15) is 5.75 Å². The Kier molecular flexibility index (Phi) is 2.39. The van der Waals surface area contributed by atoms with Crippen LogP contribution in [-0.2, 0) is 0 Å². The van der Waals surface area contributed by atoms with Crippen LogP contribution < -0.4 is 5.32 Å². The van der Waals surface area contributed by atoms with Crippen molar-refractivity contribution in [1.82, 2.24) is 5.32 Å². The average molecular weight is 205 g/mol. The molecule has 0 bridgehead atoms. The fraction of sp³-hybridized carbons (Fsp3) is 0.417. The van der Waals surface area contributed by atoms with E-state index in [0.29, 0.717) is 17.5 Å². The lowest BCUT2D eigenvalue weighted by molar-refractivity contribution is 0.0949. The van der Waals surface area contributed by atoms with E-state index in [1.807, 2.05) is 0 Å². The van der Waals surface area contributed by atoms with Crippen LogP contribution in [0.1, 0.15) is 29.3 Å². The third kappa shape index (κ3) is 2.12. The average Bonchev–Trinajstić information content (AvgIpc) is 2.86. The third-order valence-corrected chi connectivity index (χ3v) is 2.88. The minimum atomic E-state index is -0.0487. The van der Waals surface area contributed by atoms with Crippen LogP contribution in [-0.4, -0.2) is 17.1 Å². The highest BCUT2D eigenvalue weighted by atomic mass is 16.3. The van der Waals surface area contributed by atoms with Crippen LogP contribution in [0.15, 0.2) is 18.2 Å². The monoisotopic (exact) mass is 205 g/mol. The standard InChI is InChI=1S/C12H15NO2/c1-7-6-10(7)13-12(15)9-3-4-11(14)8(2)5-9/h3-5,7,10,14H,6H2,1-2H3,(H,13,15). The van der Waals surface area contributed by atoms with E-state index < -0.39 is 0 Å². The molecule has 2 rings (SSSR count). The maximum atomic E-state index is 11.7. The van der Waals surface area contributed by atoms with E-state index in [1.54, 1.807) is 25.1 Å². The molecule has 2 N–H and O–H groups in total. The number of aryl methyl sites for hydroxylation is 1. The second-order valence-electron chi connectivity index (χ2n) is 4.29. The Labute approximate surface area is 89.1 Å². The van der Waals surface area contributed by atoms with Crippen LogP contribution in [0.4, 0.5) is 0 Å². The Bertz CT molecular complexity index is 401. The number of phenolic OH excluding ortho intramolecular Hbond substituents is 1. The molecule has 2 unspecified atom stereocenters. The summed E-state index contributed by atoms with van der Waals surface area (Å²) in [5, 5.41) is 12.3. The zero-order chi connectivity index (χ0) is 11.0. The molecule has 80 valence electrons. The lowest BCUT2D eigenvalue weighted by atomic mass is 10.1. The second-order valence-corrected chi connectivity index (χ2v) is 4.29. The summed E-state index contributed by atoms with van der Waals surface area (Å²) in [7, 11) is 0. The van der Waals surface area contributed by atoms with Gasteiger partial charge in [0.25, 0.3) is 5.91 Å². The van der Waals surface area contributed by atoms with Crippen LogP contribution >= 0.6 is 0 Å². The molecule has 0 spiro atoms. The van der Waals surface area contributed by atoms with Crippen LogP contribution in [0.3, 0.4) is 0 Å². The Morgan fingerprint density at radius 2 is 2.20 bits per heavy atom. The van der Waals surface area contributed by atoms with Crippen molar-refractivity contribution in [2.75, 3.05) is 0 Å². The molecule has 3 heteroatoms. The number of phenols is 1. The van der Waals surface area contributed by atoms with Gasteiger partial charge in [-0.1, -0.05) is 6.92 Å². The first kappa shape index (κ1) is 10.0. The van der Waals surface area contributed by atoms with Gasteiger partial charge in [-0.2, -0.15) is 0 Å². The first-order valence-corrected chi connectivity index (χ1v) is 5.18. The largest absolute Gasteiger partial charge is 0.508 e. The molecule has 1 aromatic rings. The number of aromatic hydroxyl groups is 1. The highest BCUT2D eigenvalue weighted by Crippen LogP contribution is 2.29. The molecular weight excluding hydrogens is 190 g/mol. The summed E-state index contributed by atoms with van der Waals surface area (Å²) >= 11 is 0. The summed E-state index contributed by atoms with van der Waals surface area (Å²) in [6.07, 6.45) is 1.07. The lowest BCUT2D eigenvalue weighted by Gasteiger charge is -2.05. The quantitative estimate of drug-likeness (QED) is 0.774. The first-order valence-electron chi connectivity index (χ1n) is 5.18. The van der Waals surface area contributed by atoms with E-state index in [9.17, 15) is 9.90 Å². The summed E-state index contributed by atoms with van der Waals surface area (Å²) in [5.41, 5.74) is 1.34. The van der Waals surface area contributed by atoms with Gasteiger partial charge in [0.05, 0.1) is 0 Å². The van der Waals surface area contributed by atoms with E-state index >= 15 is 0 Å². The molecule has 0 radical (unpaired) electrons. The topological polar surface area (TPSA) is 49.3 Å². The predicted octanol–water partition coefficient (Wildman–Crippen LogP) is 1.84. The van der Waals surface area contributed by atoms with E-state index in [-0.39, 0.29) is 11.7 Å². The van der Waals surface area contributed by atoms with Crippen molar-refractivity contribution in [2.45, 2.75) is 26.3 Å². The summed E-state index contributed by atoms with van der Waals surface area (Å²) < 4.78 is 0. The molecule has 1 fully saturated rings. The van der Waals surface area contributed by atoms with Gasteiger partial charge in [-0.3, -0.25) is 4.79 Å². The highest BCUT2D eigenvalue weighted by molar-refractivity contribution is 5.95. The van der Waals surface area contributed by atoms with Crippen LogP contribution in [0.25, 0.3) is 0 Å². The molecule has 1 aliphatic rings. The molecule has 0 aliphatic heterocycles. The summed E-state index contributed by atoms with van der Waals surface area (Å²) in [5.74, 6) is 0.783. The minimum absolute atomic E-state index is 0.0487. The molecule has 1 saturated carbocycles. The number of benzene rings is 1. The molecule has 0 saturated heterocycles. The van der Waals surface area contributed by atoms with Crippen LogP contribution in [0, 0.1) is 12.8 Å². The number of nitrogens with one attached hydrogen (secondary N) is 1. The number of hydrogen-bond donors (Lipinski definition) is 2. The maximum Gasteiger partial charge on any atom is 0.251 e. The molecule has 15 heavy (non-hydrogen) atoms. The van der Waals surface area contributed by atoms with E-state index in [4.69, 9.17) is 0 Å². The van der Waals surface area contributed by atoms with Crippen molar-refractivity contribution in [2.24, 2.45) is 5.92 Å². The molecule has 0 aromatic heterocycles. The van der Waals surface area contributed by atoms with Crippen molar-refractivity contribution in [1.29, 1.82) is 0 Å². The van der Waals surface area contributed by atoms with Gasteiger partial charge in [-0.15, -0.1) is 0 Å². The Balaban J connectivity index is 2.08. The second kappa shape index (κ2) is 3.57. The molecular formula is C12H15NO2. The van der Waals surface area contributed by atoms with Crippen molar-refractivity contribution >= 4 is 5.91 Å². The maximum absolute atomic E-state index is 11.7. The molecule has 1 amide bonds. The van der Waals surface area contributed by atoms with Gasteiger partial charge in [-0.05, 0) is 43.0 Å². The van der Waals surface area contributed by atoms with Crippen molar-refractivity contribution in [3.63, 3.8) is 0 Å². The minimum Gasteiger partial charge on any atom is -0.508 e. The molecule has 0 heterocycles. The van der Waals surface area contributed by atoms with Gasteiger partial charge in [-0.25, -0.2) is 0 Å². The number of carbonyl (C=O) groups excluding carboxylic acids is 1. The van der Waals surface area contributed by atoms with Gasteiger partial charge in [0, 0.05) is 11.6 Å². The SMILES string of the molecule is Cc1cc(C(=O)NC2CC2C)ccc1O. The van der Waals surface area contributed by atoms with Gasteiger partial charge in [0.2, 0.25) is 0 Å². The Morgan fingerprint density at radius 3 is 2.73 bits per heavy atom. The zero-order valence-corrected chi connectivity index (χ0v) is 8.95. The Hall–Kier alpha value is -1.51. The van der Waals surface area contributed by atoms with Crippen molar-refractivity contribution in [3.8, 4) is 5.75 Å². The van der Waals surface area contributed by atoms with Gasteiger partial charge < -0.3 is 10.4 Å². The van der Waals surface area contributed by atoms with Gasteiger partial charge in [0.15, 0.2) is 0 Å². The fourth-order valence-corrected chi connectivity index (χ4v) is 1.57. The van der Waals surface area contributed by atoms with Crippen LogP contribution in [0.5, 0.6) is 5.75 Å². The smallest absolute Gasteiger partial charge is 0.251 e. The predicted molar refractivity (Wildman–Crippen MR) is 57.9 cm³/mol. The molecule has 1 aliphatic carbocycles. The Morgan fingerprint density at radius 1 is 1.53 bits per heavy atom. The summed E-state index contributed by atoms with van der Waals surface area (Å²) in [6.45, 7) is 3.90. The fourth-order valence-electron chi connectivity index (χ4n) is 1.57. The molecule has 2 atom stereocenters. The summed E-state index contributed by atoms with van der Waals surface area (Å²) in [6, 6.07) is 5.25. The molecule has 3 nitrogen and oxygen atoms in total. The highest BCUT2D eigenvalue weighted by Gasteiger charge is 2.33. The number of rotatable bonds is 2. The van der Waals surface area contributed by atoms with E-state index in [0.717, 1.165) is 12.0 Å². The number of carbonyl (C=O) groups is 1. The normalized spacial score (nSPS) is 23.6. The van der Waals surface area contributed by atoms with Crippen molar-refractivity contribution in [3.05, 3.63) is 29.3 Å². The van der Waals surface area contributed by atoms with Crippen molar-refractivity contribution < 1.29 is 9.90 Å². The zero-order valence-electron chi connectivity index (χ0n) is 8.95. The summed E-state index contributed by atoms with van der Waals surface area (Å²) in [4.78, 5) is 11.7. The number of hydrogen-bond acceptors (Lipinski definition) is 2. The van der Waals surface area contributed by atoms with E-state index in [2.05, 4.69) is 12.2 Å². The first-order chi connectivity index (χ1) is 7.08. The lowest BCUT2D eigenvalue weighted by Crippen LogP contribution is -2.26. The van der Waals surface area contributed by atoms with E-state index in [1.165, 1.54) is 0 Å². The third-order valence-electron chi connectivity index (χ3n) is 2.88. The molecule has 1 aromatic carbocycles. The van der Waals surface area contributed by atoms with Crippen LogP contribution in [0.2, 0.25) is 0 Å². The van der Waals surface area contributed by atoms with Gasteiger partial charge >= 0.3 is 0 Å².